The van der Waals surface area contributed by atoms with Gasteiger partial charge in [-0.15, -0.1) is 0 Å². The zero-order chi connectivity index (χ0) is 22.7. The Labute approximate surface area is 174 Å². The number of aromatic nitrogens is 4. The van der Waals surface area contributed by atoms with Crippen molar-refractivity contribution in [2.24, 2.45) is 0 Å². The Hall–Kier alpha value is -3.21. The molecule has 31 heavy (non-hydrogen) atoms. The number of halogens is 4. The van der Waals surface area contributed by atoms with E-state index in [0.29, 0.717) is 22.3 Å². The quantitative estimate of drug-likeness (QED) is 0.458. The average molecular weight is 452 g/mol. The molecular formula is C20H16F4N4O2S. The maximum Gasteiger partial charge on any atom is 0.416 e. The zero-order valence-corrected chi connectivity index (χ0v) is 17.4. The van der Waals surface area contributed by atoms with Crippen LogP contribution in [0.2, 0.25) is 0 Å². The van der Waals surface area contributed by atoms with Gasteiger partial charge in [0.2, 0.25) is 0 Å². The van der Waals surface area contributed by atoms with E-state index < -0.39 is 27.6 Å². The third-order valence-corrected chi connectivity index (χ3v) is 5.87. The van der Waals surface area contributed by atoms with Gasteiger partial charge in [-0.2, -0.15) is 22.4 Å². The summed E-state index contributed by atoms with van der Waals surface area (Å²) < 4.78 is 77.9. The minimum absolute atomic E-state index is 0.139. The SMILES string of the molecule is Cc1nn(S(C)(=O)=O)c(C)c1-c1cc2[nH]c(-c3ccc(C(F)(F)F)cc3)nc2cc1F. The molecule has 6 nitrogen and oxygen atoms in total. The highest BCUT2D eigenvalue weighted by molar-refractivity contribution is 7.89. The normalized spacial score (nSPS) is 12.6. The maximum atomic E-state index is 14.9. The second kappa shape index (κ2) is 6.91. The van der Waals surface area contributed by atoms with E-state index in [9.17, 15) is 26.0 Å². The molecule has 0 saturated heterocycles. The first-order valence-electron chi connectivity index (χ1n) is 9.00. The molecule has 1 N–H and O–H groups in total. The van der Waals surface area contributed by atoms with E-state index in [1.807, 2.05) is 0 Å². The fraction of sp³-hybridized carbons (Fsp3) is 0.200. The number of nitrogens with zero attached hydrogens (tertiary/aromatic N) is 3. The monoisotopic (exact) mass is 452 g/mol. The van der Waals surface area contributed by atoms with E-state index in [0.717, 1.165) is 22.5 Å². The largest absolute Gasteiger partial charge is 0.416 e. The minimum atomic E-state index is -4.45. The fourth-order valence-electron chi connectivity index (χ4n) is 3.51. The van der Waals surface area contributed by atoms with Crippen molar-refractivity contribution in [2.75, 3.05) is 6.26 Å². The van der Waals surface area contributed by atoms with Gasteiger partial charge >= 0.3 is 6.18 Å². The van der Waals surface area contributed by atoms with Crippen LogP contribution in [0, 0.1) is 19.7 Å². The summed E-state index contributed by atoms with van der Waals surface area (Å²) in [5.41, 5.74) is 1.43. The van der Waals surface area contributed by atoms with Crippen molar-refractivity contribution in [2.45, 2.75) is 20.0 Å². The molecule has 11 heteroatoms. The lowest BCUT2D eigenvalue weighted by Gasteiger charge is -2.06. The number of imidazole rings is 1. The standard InChI is InChI=1S/C20H16F4N4O2S/c1-10-18(11(2)28(27-10)31(3,29)30)14-8-16-17(9-15(14)21)26-19(25-16)12-4-6-13(7-5-12)20(22,23)24/h4-9H,1-3H3,(H,25,26). The van der Waals surface area contributed by atoms with Crippen molar-refractivity contribution in [3.8, 4) is 22.5 Å². The number of alkyl halides is 3. The Balaban J connectivity index is 1.82. The van der Waals surface area contributed by atoms with E-state index in [1.54, 1.807) is 6.92 Å². The van der Waals surface area contributed by atoms with Crippen molar-refractivity contribution in [1.29, 1.82) is 0 Å². The Morgan fingerprint density at radius 3 is 2.26 bits per heavy atom. The Bertz CT molecular complexity index is 1420. The Morgan fingerprint density at radius 1 is 1.06 bits per heavy atom. The van der Waals surface area contributed by atoms with E-state index in [4.69, 9.17) is 0 Å². The van der Waals surface area contributed by atoms with Crippen LogP contribution in [0.25, 0.3) is 33.5 Å². The van der Waals surface area contributed by atoms with Gasteiger partial charge in [0.15, 0.2) is 0 Å². The summed E-state index contributed by atoms with van der Waals surface area (Å²) in [6.07, 6.45) is -3.45. The van der Waals surface area contributed by atoms with Crippen LogP contribution in [0.3, 0.4) is 0 Å². The third-order valence-electron chi connectivity index (χ3n) is 4.89. The molecule has 0 saturated carbocycles. The summed E-state index contributed by atoms with van der Waals surface area (Å²) >= 11 is 0. The van der Waals surface area contributed by atoms with Crippen molar-refractivity contribution in [3.63, 3.8) is 0 Å². The number of fused-ring (bicyclic) bond motifs is 1. The van der Waals surface area contributed by atoms with Gasteiger partial charge in [0, 0.05) is 22.8 Å². The average Bonchev–Trinajstić information content (AvgIpc) is 3.20. The van der Waals surface area contributed by atoms with Gasteiger partial charge in [0.05, 0.1) is 34.2 Å². The topological polar surface area (TPSA) is 80.6 Å². The molecule has 0 unspecified atom stereocenters. The fourth-order valence-corrected chi connectivity index (χ4v) is 4.37. The molecular weight excluding hydrogens is 436 g/mol. The number of nitrogens with one attached hydrogen (secondary N) is 1. The third kappa shape index (κ3) is 3.69. The van der Waals surface area contributed by atoms with Gasteiger partial charge in [-0.1, -0.05) is 12.1 Å². The highest BCUT2D eigenvalue weighted by atomic mass is 32.2. The second-order valence-electron chi connectivity index (χ2n) is 7.16. The first-order valence-corrected chi connectivity index (χ1v) is 10.8. The molecule has 2 aromatic carbocycles. The lowest BCUT2D eigenvalue weighted by atomic mass is 10.0. The second-order valence-corrected chi connectivity index (χ2v) is 8.97. The van der Waals surface area contributed by atoms with E-state index in [2.05, 4.69) is 15.1 Å². The lowest BCUT2D eigenvalue weighted by molar-refractivity contribution is -0.137. The lowest BCUT2D eigenvalue weighted by Crippen LogP contribution is -2.13. The van der Waals surface area contributed by atoms with E-state index in [-0.39, 0.29) is 22.6 Å². The van der Waals surface area contributed by atoms with Gasteiger partial charge < -0.3 is 4.98 Å². The minimum Gasteiger partial charge on any atom is -0.338 e. The molecule has 0 aliphatic rings. The van der Waals surface area contributed by atoms with Gasteiger partial charge in [0.25, 0.3) is 10.0 Å². The molecule has 2 heterocycles. The van der Waals surface area contributed by atoms with Crippen LogP contribution in [-0.4, -0.2) is 33.8 Å². The molecule has 0 amide bonds. The molecule has 4 rings (SSSR count). The molecule has 4 aromatic rings. The van der Waals surface area contributed by atoms with Crippen LogP contribution in [0.1, 0.15) is 17.0 Å². The van der Waals surface area contributed by atoms with Gasteiger partial charge in [-0.3, -0.25) is 0 Å². The van der Waals surface area contributed by atoms with Crippen LogP contribution < -0.4 is 0 Å². The van der Waals surface area contributed by atoms with Gasteiger partial charge in [-0.25, -0.2) is 17.8 Å². The van der Waals surface area contributed by atoms with Crippen molar-refractivity contribution in [1.82, 2.24) is 19.2 Å². The van der Waals surface area contributed by atoms with Crippen LogP contribution in [0.5, 0.6) is 0 Å². The summed E-state index contributed by atoms with van der Waals surface area (Å²) in [4.78, 5) is 7.25. The zero-order valence-electron chi connectivity index (χ0n) is 16.5. The number of hydrogen-bond donors (Lipinski definition) is 1. The van der Waals surface area contributed by atoms with Gasteiger partial charge in [0.1, 0.15) is 11.6 Å². The summed E-state index contributed by atoms with van der Waals surface area (Å²) in [7, 11) is -3.66. The smallest absolute Gasteiger partial charge is 0.338 e. The molecule has 0 spiro atoms. The first kappa shape index (κ1) is 21.0. The van der Waals surface area contributed by atoms with Gasteiger partial charge in [-0.05, 0) is 32.0 Å². The molecule has 2 aromatic heterocycles. The predicted octanol–water partition coefficient (Wildman–Crippen LogP) is 4.68. The Kier molecular flexibility index (Phi) is 4.69. The highest BCUT2D eigenvalue weighted by Crippen LogP contribution is 2.34. The summed E-state index contributed by atoms with van der Waals surface area (Å²) in [6.45, 7) is 3.11. The number of H-pyrrole nitrogens is 1. The highest BCUT2D eigenvalue weighted by Gasteiger charge is 2.30. The van der Waals surface area contributed by atoms with E-state index >= 15 is 0 Å². The van der Waals surface area contributed by atoms with E-state index in [1.165, 1.54) is 31.2 Å². The molecule has 0 radical (unpaired) electrons. The maximum absolute atomic E-state index is 14.9. The number of aryl methyl sites for hydroxylation is 1. The van der Waals surface area contributed by atoms with Crippen molar-refractivity contribution < 1.29 is 26.0 Å². The predicted molar refractivity (Wildman–Crippen MR) is 107 cm³/mol. The van der Waals surface area contributed by atoms with Crippen LogP contribution in [-0.2, 0) is 16.2 Å². The number of hydrogen-bond acceptors (Lipinski definition) is 4. The van der Waals surface area contributed by atoms with Crippen LogP contribution >= 0.6 is 0 Å². The first-order chi connectivity index (χ1) is 14.4. The van der Waals surface area contributed by atoms with Crippen molar-refractivity contribution >= 4 is 21.1 Å². The number of rotatable bonds is 3. The molecule has 0 fully saturated rings. The summed E-state index contributed by atoms with van der Waals surface area (Å²) in [5, 5.41) is 4.00. The number of benzene rings is 2. The molecule has 0 aliphatic carbocycles. The number of aromatic amines is 1. The molecule has 0 bridgehead atoms. The molecule has 0 aliphatic heterocycles. The molecule has 0 atom stereocenters. The Morgan fingerprint density at radius 2 is 1.71 bits per heavy atom. The summed E-state index contributed by atoms with van der Waals surface area (Å²) in [6, 6.07) is 7.12. The van der Waals surface area contributed by atoms with Crippen molar-refractivity contribution in [3.05, 3.63) is 59.2 Å². The van der Waals surface area contributed by atoms with Crippen LogP contribution in [0.4, 0.5) is 17.6 Å². The summed E-state index contributed by atoms with van der Waals surface area (Å²) in [5.74, 6) is -0.349. The van der Waals surface area contributed by atoms with Crippen LogP contribution in [0.15, 0.2) is 36.4 Å². The molecule has 162 valence electrons.